The first-order chi connectivity index (χ1) is 13.5. The summed E-state index contributed by atoms with van der Waals surface area (Å²) in [6.07, 6.45) is 0. The second-order valence-electron chi connectivity index (χ2n) is 6.44. The Hall–Kier alpha value is -3.06. The molecule has 6 nitrogen and oxygen atoms in total. The van der Waals surface area contributed by atoms with Gasteiger partial charge in [-0.2, -0.15) is 0 Å². The topological polar surface area (TPSA) is 74.3 Å². The Bertz CT molecular complexity index is 1270. The molecular formula is C21H18N2O4S. The molecule has 7 heteroatoms. The van der Waals surface area contributed by atoms with Gasteiger partial charge < -0.3 is 9.15 Å². The molecule has 0 fully saturated rings. The van der Waals surface area contributed by atoms with E-state index in [0.717, 1.165) is 10.8 Å². The fourth-order valence-corrected chi connectivity index (χ4v) is 3.98. The van der Waals surface area contributed by atoms with Gasteiger partial charge in [-0.3, -0.25) is 9.36 Å². The number of aromatic nitrogens is 2. The lowest BCUT2D eigenvalue weighted by atomic mass is 10.1. The Kier molecular flexibility index (Phi) is 4.68. The fourth-order valence-electron chi connectivity index (χ4n) is 3.13. The number of benzene rings is 2. The molecule has 142 valence electrons. The molecule has 2 aromatic heterocycles. The zero-order valence-electron chi connectivity index (χ0n) is 15.7. The number of ether oxygens (including phenoxy) is 1. The molecule has 0 aliphatic rings. The Morgan fingerprint density at radius 3 is 2.64 bits per heavy atom. The molecule has 4 aromatic rings. The molecule has 0 atom stereocenters. The molecule has 0 N–H and O–H groups in total. The third kappa shape index (κ3) is 3.18. The number of rotatable bonds is 4. The summed E-state index contributed by atoms with van der Waals surface area (Å²) in [7, 11) is 3.04. The SMILES string of the molecule is COC(=O)c1cc(CSc2nc3cc4ccccc4cc3c(=O)n2C)oc1C. The maximum atomic E-state index is 12.8. The number of methoxy groups -OCH3 is 1. The molecule has 0 saturated carbocycles. The number of thioether (sulfide) groups is 1. The van der Waals surface area contributed by atoms with Gasteiger partial charge in [0.1, 0.15) is 17.1 Å². The molecule has 0 aliphatic heterocycles. The molecule has 28 heavy (non-hydrogen) atoms. The van der Waals surface area contributed by atoms with Gasteiger partial charge >= 0.3 is 5.97 Å². The summed E-state index contributed by atoms with van der Waals surface area (Å²) in [4.78, 5) is 29.2. The fraction of sp³-hybridized carbons (Fsp3) is 0.190. The van der Waals surface area contributed by atoms with Crippen molar-refractivity contribution in [1.29, 1.82) is 0 Å². The van der Waals surface area contributed by atoms with Gasteiger partial charge in [0.25, 0.3) is 5.56 Å². The van der Waals surface area contributed by atoms with Gasteiger partial charge in [0.05, 0.1) is 23.8 Å². The normalized spacial score (nSPS) is 11.2. The highest BCUT2D eigenvalue weighted by atomic mass is 32.2. The highest BCUT2D eigenvalue weighted by Gasteiger charge is 2.16. The molecule has 0 spiro atoms. The summed E-state index contributed by atoms with van der Waals surface area (Å²) in [6, 6.07) is 13.4. The summed E-state index contributed by atoms with van der Waals surface area (Å²) < 4.78 is 11.9. The predicted molar refractivity (Wildman–Crippen MR) is 109 cm³/mol. The van der Waals surface area contributed by atoms with Crippen LogP contribution in [0.5, 0.6) is 0 Å². The van der Waals surface area contributed by atoms with Crippen molar-refractivity contribution in [1.82, 2.24) is 9.55 Å². The van der Waals surface area contributed by atoms with Gasteiger partial charge in [0.2, 0.25) is 0 Å². The van der Waals surface area contributed by atoms with Crippen molar-refractivity contribution in [2.45, 2.75) is 17.8 Å². The molecule has 2 aromatic carbocycles. The van der Waals surface area contributed by atoms with Crippen molar-refractivity contribution in [2.24, 2.45) is 7.05 Å². The molecule has 0 amide bonds. The minimum Gasteiger partial charge on any atom is -0.465 e. The van der Waals surface area contributed by atoms with Crippen molar-refractivity contribution in [3.05, 3.63) is 69.9 Å². The molecule has 2 heterocycles. The van der Waals surface area contributed by atoms with Gasteiger partial charge in [-0.15, -0.1) is 0 Å². The van der Waals surface area contributed by atoms with E-state index in [-0.39, 0.29) is 5.56 Å². The molecule has 0 aliphatic carbocycles. The van der Waals surface area contributed by atoms with Crippen molar-refractivity contribution >= 4 is 39.4 Å². The first-order valence-corrected chi connectivity index (χ1v) is 9.66. The van der Waals surface area contributed by atoms with Crippen LogP contribution < -0.4 is 5.56 Å². The van der Waals surface area contributed by atoms with E-state index < -0.39 is 5.97 Å². The number of hydrogen-bond donors (Lipinski definition) is 0. The summed E-state index contributed by atoms with van der Waals surface area (Å²) in [5.41, 5.74) is 0.976. The van der Waals surface area contributed by atoms with Crippen molar-refractivity contribution in [2.75, 3.05) is 7.11 Å². The number of carbonyl (C=O) groups is 1. The van der Waals surface area contributed by atoms with Crippen molar-refractivity contribution in [3.63, 3.8) is 0 Å². The third-order valence-electron chi connectivity index (χ3n) is 4.62. The minimum atomic E-state index is -0.430. The summed E-state index contributed by atoms with van der Waals surface area (Å²) in [6.45, 7) is 1.72. The van der Waals surface area contributed by atoms with Crippen LogP contribution in [0.15, 0.2) is 56.8 Å². The molecular weight excluding hydrogens is 376 g/mol. The standard InChI is InChI=1S/C21H18N2O4S/c1-12-16(20(25)26-3)10-15(27-12)11-28-21-22-18-9-14-7-5-4-6-13(14)8-17(18)19(24)23(21)2/h4-10H,11H2,1-3H3. The van der Waals surface area contributed by atoms with Crippen molar-refractivity contribution < 1.29 is 13.9 Å². The van der Waals surface area contributed by atoms with Crippen LogP contribution in [-0.4, -0.2) is 22.6 Å². The van der Waals surface area contributed by atoms with E-state index in [1.165, 1.54) is 18.9 Å². The highest BCUT2D eigenvalue weighted by molar-refractivity contribution is 7.98. The lowest BCUT2D eigenvalue weighted by Gasteiger charge is -2.09. The molecule has 0 unspecified atom stereocenters. The Labute approximate surface area is 165 Å². The van der Waals surface area contributed by atoms with Gasteiger partial charge in [0, 0.05) is 7.05 Å². The Morgan fingerprint density at radius 2 is 1.93 bits per heavy atom. The Balaban J connectivity index is 1.69. The maximum absolute atomic E-state index is 12.8. The second-order valence-corrected chi connectivity index (χ2v) is 7.38. The highest BCUT2D eigenvalue weighted by Crippen LogP contribution is 2.26. The number of hydrogen-bond acceptors (Lipinski definition) is 6. The zero-order chi connectivity index (χ0) is 19.8. The molecule has 0 saturated heterocycles. The average Bonchev–Trinajstić information content (AvgIpc) is 3.08. The van der Waals surface area contributed by atoms with Gasteiger partial charge in [-0.05, 0) is 35.9 Å². The van der Waals surface area contributed by atoms with Gasteiger partial charge in [0.15, 0.2) is 5.16 Å². The van der Waals surface area contributed by atoms with Crippen LogP contribution >= 0.6 is 11.8 Å². The summed E-state index contributed by atoms with van der Waals surface area (Å²) >= 11 is 1.38. The molecule has 4 rings (SSSR count). The van der Waals surface area contributed by atoms with Crippen LogP contribution in [0.4, 0.5) is 0 Å². The first kappa shape index (κ1) is 18.3. The minimum absolute atomic E-state index is 0.0934. The van der Waals surface area contributed by atoms with Crippen LogP contribution in [0.3, 0.4) is 0 Å². The van der Waals surface area contributed by atoms with E-state index in [1.54, 1.807) is 24.6 Å². The molecule has 0 bridgehead atoms. The summed E-state index contributed by atoms with van der Waals surface area (Å²) in [5, 5.41) is 3.22. The van der Waals surface area contributed by atoms with Crippen molar-refractivity contribution in [3.8, 4) is 0 Å². The number of nitrogens with zero attached hydrogens (tertiary/aromatic N) is 2. The monoisotopic (exact) mass is 394 g/mol. The quantitative estimate of drug-likeness (QED) is 0.225. The van der Waals surface area contributed by atoms with E-state index >= 15 is 0 Å². The van der Waals surface area contributed by atoms with Crippen LogP contribution in [-0.2, 0) is 17.5 Å². The van der Waals surface area contributed by atoms with Gasteiger partial charge in [-0.1, -0.05) is 36.0 Å². The van der Waals surface area contributed by atoms with E-state index in [2.05, 4.69) is 4.98 Å². The largest absolute Gasteiger partial charge is 0.465 e. The molecule has 0 radical (unpaired) electrons. The number of fused-ring (bicyclic) bond motifs is 2. The van der Waals surface area contributed by atoms with Gasteiger partial charge in [-0.25, -0.2) is 9.78 Å². The van der Waals surface area contributed by atoms with E-state index in [4.69, 9.17) is 9.15 Å². The lowest BCUT2D eigenvalue weighted by molar-refractivity contribution is 0.0599. The number of esters is 1. The van der Waals surface area contributed by atoms with Crippen LogP contribution in [0.1, 0.15) is 21.9 Å². The predicted octanol–water partition coefficient (Wildman–Crippen LogP) is 4.07. The van der Waals surface area contributed by atoms with E-state index in [9.17, 15) is 9.59 Å². The number of furan rings is 1. The van der Waals surface area contributed by atoms with E-state index in [1.807, 2.05) is 36.4 Å². The zero-order valence-corrected chi connectivity index (χ0v) is 16.5. The van der Waals surface area contributed by atoms with E-state index in [0.29, 0.717) is 38.9 Å². The average molecular weight is 394 g/mol. The maximum Gasteiger partial charge on any atom is 0.341 e. The smallest absolute Gasteiger partial charge is 0.341 e. The first-order valence-electron chi connectivity index (χ1n) is 8.68. The summed E-state index contributed by atoms with van der Waals surface area (Å²) in [5.74, 6) is 1.14. The Morgan fingerprint density at radius 1 is 1.21 bits per heavy atom. The lowest BCUT2D eigenvalue weighted by Crippen LogP contribution is -2.20. The number of carbonyl (C=O) groups excluding carboxylic acids is 1. The second kappa shape index (κ2) is 7.16. The number of aryl methyl sites for hydroxylation is 1. The van der Waals surface area contributed by atoms with Crippen LogP contribution in [0.2, 0.25) is 0 Å². The third-order valence-corrected chi connectivity index (χ3v) is 5.67. The van der Waals surface area contributed by atoms with Crippen LogP contribution in [0.25, 0.3) is 21.7 Å². The van der Waals surface area contributed by atoms with Crippen LogP contribution in [0, 0.1) is 6.92 Å².